The lowest BCUT2D eigenvalue weighted by Gasteiger charge is -2.18. The predicted molar refractivity (Wildman–Crippen MR) is 81.3 cm³/mol. The maximum Gasteiger partial charge on any atom is 0.320 e. The third kappa shape index (κ3) is 12.2. The molecule has 0 heterocycles. The van der Waals surface area contributed by atoms with Crippen LogP contribution in [0, 0.1) is 0 Å². The van der Waals surface area contributed by atoms with Gasteiger partial charge in [-0.3, -0.25) is 9.69 Å². The zero-order valence-corrected chi connectivity index (χ0v) is 13.4. The van der Waals surface area contributed by atoms with Gasteiger partial charge < -0.3 is 4.74 Å². The molecule has 0 saturated heterocycles. The van der Waals surface area contributed by atoms with Gasteiger partial charge in [0.1, 0.15) is 6.10 Å². The molecule has 0 saturated carbocycles. The minimum atomic E-state index is -0.0885. The Morgan fingerprint density at radius 2 is 1.58 bits per heavy atom. The Kier molecular flexibility index (Phi) is 12.1. The molecule has 19 heavy (non-hydrogen) atoms. The molecule has 0 aromatic heterocycles. The molecule has 0 aromatic rings. The Balaban J connectivity index is 3.75. The van der Waals surface area contributed by atoms with Gasteiger partial charge in [-0.25, -0.2) is 0 Å². The van der Waals surface area contributed by atoms with Crippen molar-refractivity contribution >= 4 is 5.97 Å². The first kappa shape index (κ1) is 18.4. The average Bonchev–Trinajstić information content (AvgIpc) is 2.32. The van der Waals surface area contributed by atoms with Gasteiger partial charge in [0.25, 0.3) is 0 Å². The summed E-state index contributed by atoms with van der Waals surface area (Å²) in [5, 5.41) is 0. The van der Waals surface area contributed by atoms with E-state index in [0.717, 1.165) is 19.3 Å². The van der Waals surface area contributed by atoms with Gasteiger partial charge in [0.05, 0.1) is 6.54 Å². The molecule has 0 N–H and O–H groups in total. The van der Waals surface area contributed by atoms with Crippen LogP contribution in [-0.4, -0.2) is 37.6 Å². The van der Waals surface area contributed by atoms with Crippen molar-refractivity contribution in [2.24, 2.45) is 0 Å². The van der Waals surface area contributed by atoms with E-state index in [0.29, 0.717) is 6.54 Å². The normalized spacial score (nSPS) is 12.7. The van der Waals surface area contributed by atoms with Crippen molar-refractivity contribution in [1.82, 2.24) is 4.90 Å². The molecule has 0 fully saturated rings. The second-order valence-electron chi connectivity index (χ2n) is 5.69. The number of carbonyl (C=O) groups excluding carboxylic acids is 1. The van der Waals surface area contributed by atoms with Crippen molar-refractivity contribution in [3.8, 4) is 0 Å². The number of hydrogen-bond acceptors (Lipinski definition) is 3. The van der Waals surface area contributed by atoms with Gasteiger partial charge in [0.15, 0.2) is 0 Å². The maximum atomic E-state index is 11.6. The highest BCUT2D eigenvalue weighted by atomic mass is 16.5. The van der Waals surface area contributed by atoms with Crippen LogP contribution in [0.25, 0.3) is 0 Å². The van der Waals surface area contributed by atoms with Gasteiger partial charge in [-0.2, -0.15) is 0 Å². The summed E-state index contributed by atoms with van der Waals surface area (Å²) in [6.45, 7) is 4.77. The lowest BCUT2D eigenvalue weighted by molar-refractivity contribution is -0.150. The molecule has 3 heteroatoms. The Bertz CT molecular complexity index is 217. The third-order valence-corrected chi connectivity index (χ3v) is 3.23. The number of likely N-dealkylation sites (N-methyl/N-ethyl adjacent to an activating group) is 1. The van der Waals surface area contributed by atoms with Crippen molar-refractivity contribution < 1.29 is 9.53 Å². The molecule has 1 atom stereocenters. The molecule has 0 aliphatic heterocycles. The lowest BCUT2D eigenvalue weighted by atomic mass is 10.0. The third-order valence-electron chi connectivity index (χ3n) is 3.23. The Morgan fingerprint density at radius 1 is 0.947 bits per heavy atom. The molecule has 0 amide bonds. The van der Waals surface area contributed by atoms with E-state index >= 15 is 0 Å². The Morgan fingerprint density at radius 3 is 2.16 bits per heavy atom. The summed E-state index contributed by atoms with van der Waals surface area (Å²) >= 11 is 0. The molecule has 0 radical (unpaired) electrons. The summed E-state index contributed by atoms with van der Waals surface area (Å²) in [6, 6.07) is 0. The van der Waals surface area contributed by atoms with E-state index in [1.165, 1.54) is 38.5 Å². The quantitative estimate of drug-likeness (QED) is 0.397. The van der Waals surface area contributed by atoms with Crippen molar-refractivity contribution in [2.45, 2.75) is 77.7 Å². The topological polar surface area (TPSA) is 29.5 Å². The molecule has 3 nitrogen and oxygen atoms in total. The van der Waals surface area contributed by atoms with E-state index in [1.807, 2.05) is 19.0 Å². The van der Waals surface area contributed by atoms with Crippen LogP contribution in [0.5, 0.6) is 0 Å². The monoisotopic (exact) mass is 271 g/mol. The summed E-state index contributed by atoms with van der Waals surface area (Å²) in [5.74, 6) is -0.0885. The van der Waals surface area contributed by atoms with Gasteiger partial charge in [0.2, 0.25) is 0 Å². The number of unbranched alkanes of at least 4 members (excludes halogenated alkanes) is 5. The first-order chi connectivity index (χ1) is 9.10. The van der Waals surface area contributed by atoms with Gasteiger partial charge in [-0.15, -0.1) is 0 Å². The van der Waals surface area contributed by atoms with E-state index in [1.54, 1.807) is 0 Å². The fourth-order valence-electron chi connectivity index (χ4n) is 2.22. The SMILES string of the molecule is CCCCCCCCC(CCC)OC(=O)CN(C)C. The molecule has 0 aromatic carbocycles. The molecule has 0 aliphatic rings. The number of nitrogens with zero attached hydrogens (tertiary/aromatic N) is 1. The zero-order valence-electron chi connectivity index (χ0n) is 13.4. The van der Waals surface area contributed by atoms with Gasteiger partial charge in [-0.1, -0.05) is 52.4 Å². The number of ether oxygens (including phenoxy) is 1. The number of carbonyl (C=O) groups is 1. The average molecular weight is 271 g/mol. The zero-order chi connectivity index (χ0) is 14.5. The Labute approximate surface area is 119 Å². The van der Waals surface area contributed by atoms with E-state index in [4.69, 9.17) is 4.74 Å². The lowest BCUT2D eigenvalue weighted by Crippen LogP contribution is -2.27. The summed E-state index contributed by atoms with van der Waals surface area (Å²) in [5.41, 5.74) is 0. The fraction of sp³-hybridized carbons (Fsp3) is 0.938. The second-order valence-corrected chi connectivity index (χ2v) is 5.69. The van der Waals surface area contributed by atoms with Crippen molar-refractivity contribution in [3.05, 3.63) is 0 Å². The van der Waals surface area contributed by atoms with Crippen LogP contribution in [0.4, 0.5) is 0 Å². The molecule has 114 valence electrons. The minimum Gasteiger partial charge on any atom is -0.461 e. The van der Waals surface area contributed by atoms with Crippen LogP contribution in [0.15, 0.2) is 0 Å². The molecular formula is C16H33NO2. The highest BCUT2D eigenvalue weighted by Crippen LogP contribution is 2.14. The van der Waals surface area contributed by atoms with E-state index in [9.17, 15) is 4.79 Å². The molecule has 0 rings (SSSR count). The fourth-order valence-corrected chi connectivity index (χ4v) is 2.22. The first-order valence-electron chi connectivity index (χ1n) is 7.94. The largest absolute Gasteiger partial charge is 0.461 e. The molecule has 0 aliphatic carbocycles. The van der Waals surface area contributed by atoms with Crippen molar-refractivity contribution in [2.75, 3.05) is 20.6 Å². The highest BCUT2D eigenvalue weighted by Gasteiger charge is 2.13. The molecule has 0 bridgehead atoms. The van der Waals surface area contributed by atoms with Crippen LogP contribution in [-0.2, 0) is 9.53 Å². The summed E-state index contributed by atoms with van der Waals surface area (Å²) < 4.78 is 5.55. The van der Waals surface area contributed by atoms with Crippen LogP contribution >= 0.6 is 0 Å². The number of esters is 1. The van der Waals surface area contributed by atoms with Crippen LogP contribution in [0.1, 0.15) is 71.6 Å². The van der Waals surface area contributed by atoms with E-state index in [-0.39, 0.29) is 12.1 Å². The number of hydrogen-bond donors (Lipinski definition) is 0. The summed E-state index contributed by atoms with van der Waals surface area (Å²) in [4.78, 5) is 13.5. The van der Waals surface area contributed by atoms with Crippen LogP contribution < -0.4 is 0 Å². The summed E-state index contributed by atoms with van der Waals surface area (Å²) in [7, 11) is 3.79. The second kappa shape index (κ2) is 12.5. The van der Waals surface area contributed by atoms with Crippen molar-refractivity contribution in [1.29, 1.82) is 0 Å². The molecule has 0 spiro atoms. The maximum absolute atomic E-state index is 11.6. The molecular weight excluding hydrogens is 238 g/mol. The minimum absolute atomic E-state index is 0.0885. The van der Waals surface area contributed by atoms with E-state index < -0.39 is 0 Å². The van der Waals surface area contributed by atoms with Gasteiger partial charge >= 0.3 is 5.97 Å². The standard InChI is InChI=1S/C16H33NO2/c1-5-7-8-9-10-11-13-15(12-6-2)19-16(18)14-17(3)4/h15H,5-14H2,1-4H3. The highest BCUT2D eigenvalue weighted by molar-refractivity contribution is 5.71. The van der Waals surface area contributed by atoms with E-state index in [2.05, 4.69) is 13.8 Å². The predicted octanol–water partition coefficient (Wildman–Crippen LogP) is 4.01. The van der Waals surface area contributed by atoms with Crippen LogP contribution in [0.2, 0.25) is 0 Å². The van der Waals surface area contributed by atoms with Gasteiger partial charge in [0, 0.05) is 0 Å². The smallest absolute Gasteiger partial charge is 0.320 e. The van der Waals surface area contributed by atoms with Gasteiger partial charge in [-0.05, 0) is 33.4 Å². The summed E-state index contributed by atoms with van der Waals surface area (Å²) in [6.07, 6.45) is 11.0. The molecule has 1 unspecified atom stereocenters. The number of rotatable bonds is 12. The Hall–Kier alpha value is -0.570. The van der Waals surface area contributed by atoms with Crippen LogP contribution in [0.3, 0.4) is 0 Å². The van der Waals surface area contributed by atoms with Crippen molar-refractivity contribution in [3.63, 3.8) is 0 Å². The first-order valence-corrected chi connectivity index (χ1v) is 7.94.